The molecule has 48 valence electrons. The van der Waals surface area contributed by atoms with E-state index in [2.05, 4.69) is 0 Å². The van der Waals surface area contributed by atoms with Gasteiger partial charge in [0.25, 0.3) is 0 Å². The molecule has 0 amide bonds. The molecule has 0 N–H and O–H groups in total. The second kappa shape index (κ2) is 2.14. The fourth-order valence-corrected chi connectivity index (χ4v) is 0.688. The van der Waals surface area contributed by atoms with Crippen molar-refractivity contribution in [2.75, 3.05) is 0 Å². The maximum Gasteiger partial charge on any atom is 0.0629 e. The van der Waals surface area contributed by atoms with Gasteiger partial charge in [0.1, 0.15) is 0 Å². The summed E-state index contributed by atoms with van der Waals surface area (Å²) >= 11 is 0. The molecule has 10 heavy (non-hydrogen) atoms. The van der Waals surface area contributed by atoms with E-state index in [-0.39, 0.29) is 10.8 Å². The van der Waals surface area contributed by atoms with Crippen molar-refractivity contribution in [2.24, 2.45) is 0 Å². The molecule has 0 nitrogen and oxygen atoms in total. The minimum atomic E-state index is -0.502. The van der Waals surface area contributed by atoms with Crippen molar-refractivity contribution >= 4 is 10.8 Å². The Hall–Kier alpha value is -1.30. The molecule has 0 aliphatic heterocycles. The first kappa shape index (κ1) is 1.65. The Balaban J connectivity index is 3.22. The van der Waals surface area contributed by atoms with Crippen LogP contribution in [0.5, 0.6) is 0 Å². The third-order valence-corrected chi connectivity index (χ3v) is 1.12. The molecule has 0 bridgehead atoms. The van der Waals surface area contributed by atoms with Crippen molar-refractivity contribution in [1.29, 1.82) is 0 Å². The summed E-state index contributed by atoms with van der Waals surface area (Å²) < 4.78 is 60.8. The van der Waals surface area contributed by atoms with E-state index in [0.717, 1.165) is 0 Å². The SMILES string of the molecule is [2H]c1c([2H])c([2H])c2c([2H])c([2H])c([2H])c([2H])c2c1[2H]. The van der Waals surface area contributed by atoms with Crippen LogP contribution in [0.15, 0.2) is 48.3 Å². The average Bonchev–Trinajstić information content (AvgIpc) is 2.35. The molecule has 0 aromatic heterocycles. The summed E-state index contributed by atoms with van der Waals surface area (Å²) in [5.74, 6) is 0. The van der Waals surface area contributed by atoms with E-state index in [1.807, 2.05) is 0 Å². The van der Waals surface area contributed by atoms with Crippen LogP contribution in [0.25, 0.3) is 10.8 Å². The smallest absolute Gasteiger partial charge is 0.0616 e. The third-order valence-electron chi connectivity index (χ3n) is 1.12. The lowest BCUT2D eigenvalue weighted by Gasteiger charge is -1.92. The van der Waals surface area contributed by atoms with Crippen LogP contribution in [-0.2, 0) is 0 Å². The Morgan fingerprint density at radius 2 is 1.00 bits per heavy atom. The van der Waals surface area contributed by atoms with Gasteiger partial charge >= 0.3 is 0 Å². The molecule has 0 saturated carbocycles. The Labute approximate surface area is 71.4 Å². The first-order chi connectivity index (χ1) is 8.29. The molecular formula is C10H8. The summed E-state index contributed by atoms with van der Waals surface area (Å²) in [5.41, 5.74) is 0. The van der Waals surface area contributed by atoms with E-state index in [4.69, 9.17) is 11.0 Å². The van der Waals surface area contributed by atoms with E-state index in [0.29, 0.717) is 0 Å². The van der Waals surface area contributed by atoms with Crippen LogP contribution in [0, 0.1) is 0 Å². The molecule has 0 heterocycles. The topological polar surface area (TPSA) is 0 Å². The summed E-state index contributed by atoms with van der Waals surface area (Å²) in [6.45, 7) is 0. The lowest BCUT2D eigenvalue weighted by atomic mass is 10.1. The predicted octanol–water partition coefficient (Wildman–Crippen LogP) is 2.84. The second-order valence-corrected chi connectivity index (χ2v) is 1.75. The highest BCUT2D eigenvalue weighted by molar-refractivity contribution is 5.81. The minimum Gasteiger partial charge on any atom is -0.0616 e. The van der Waals surface area contributed by atoms with Gasteiger partial charge in [-0.05, 0) is 10.8 Å². The number of benzene rings is 2. The average molecular weight is 136 g/mol. The Morgan fingerprint density at radius 3 is 1.30 bits per heavy atom. The van der Waals surface area contributed by atoms with Crippen LogP contribution in [-0.4, -0.2) is 0 Å². The van der Waals surface area contributed by atoms with E-state index in [1.165, 1.54) is 0 Å². The van der Waals surface area contributed by atoms with E-state index in [9.17, 15) is 0 Å². The highest BCUT2D eigenvalue weighted by Gasteiger charge is 1.85. The lowest BCUT2D eigenvalue weighted by molar-refractivity contribution is 1.75. The monoisotopic (exact) mass is 136 g/mol. The predicted molar refractivity (Wildman–Crippen MR) is 43.9 cm³/mol. The lowest BCUT2D eigenvalue weighted by Crippen LogP contribution is -1.67. The summed E-state index contributed by atoms with van der Waals surface area (Å²) in [5, 5.41) is -0.348. The van der Waals surface area contributed by atoms with Gasteiger partial charge in [-0.1, -0.05) is 48.3 Å². The van der Waals surface area contributed by atoms with Crippen LogP contribution < -0.4 is 0 Å². The Morgan fingerprint density at radius 1 is 0.700 bits per heavy atom. The zero-order valence-corrected chi connectivity index (χ0v) is 5.00. The van der Waals surface area contributed by atoms with Gasteiger partial charge in [0, 0.05) is 0 Å². The van der Waals surface area contributed by atoms with E-state index >= 15 is 0 Å². The third kappa shape index (κ3) is 0.781. The summed E-state index contributed by atoms with van der Waals surface area (Å²) in [7, 11) is 0. The van der Waals surface area contributed by atoms with Crippen molar-refractivity contribution in [2.45, 2.75) is 0 Å². The number of hydrogen-bond donors (Lipinski definition) is 0. The number of rotatable bonds is 0. The van der Waals surface area contributed by atoms with Crippen LogP contribution >= 0.6 is 0 Å². The van der Waals surface area contributed by atoms with Crippen LogP contribution in [0.4, 0.5) is 0 Å². The molecule has 0 heteroatoms. The normalized spacial score (nSPS) is 21.2. The van der Waals surface area contributed by atoms with Crippen molar-refractivity contribution in [3.63, 3.8) is 0 Å². The molecule has 2 aromatic rings. The van der Waals surface area contributed by atoms with Gasteiger partial charge in [-0.2, -0.15) is 0 Å². The van der Waals surface area contributed by atoms with Crippen molar-refractivity contribution in [1.82, 2.24) is 0 Å². The highest BCUT2D eigenvalue weighted by atomic mass is 13.9. The summed E-state index contributed by atoms with van der Waals surface area (Å²) in [6, 6.07) is -3.79. The Kier molecular flexibility index (Phi) is 0.353. The first-order valence-electron chi connectivity index (χ1n) is 6.75. The van der Waals surface area contributed by atoms with Crippen LogP contribution in [0.3, 0.4) is 0 Å². The molecule has 0 atom stereocenters. The van der Waals surface area contributed by atoms with Gasteiger partial charge in [-0.25, -0.2) is 0 Å². The molecule has 0 fully saturated rings. The molecule has 0 aliphatic carbocycles. The largest absolute Gasteiger partial charge is 0.0629 e. The number of fused-ring (bicyclic) bond motifs is 1. The van der Waals surface area contributed by atoms with Gasteiger partial charge in [-0.15, -0.1) is 0 Å². The maximum absolute atomic E-state index is 7.69. The van der Waals surface area contributed by atoms with Crippen molar-refractivity contribution in [3.05, 3.63) is 48.3 Å². The molecule has 0 spiro atoms. The second-order valence-electron chi connectivity index (χ2n) is 1.75. The van der Waals surface area contributed by atoms with Gasteiger partial charge in [0.15, 0.2) is 0 Å². The van der Waals surface area contributed by atoms with Gasteiger partial charge in [-0.3, -0.25) is 0 Å². The minimum absolute atomic E-state index is 0.174. The van der Waals surface area contributed by atoms with Gasteiger partial charge in [0.05, 0.1) is 11.0 Å². The molecule has 0 unspecified atom stereocenters. The molecule has 0 saturated heterocycles. The molecule has 0 radical (unpaired) electrons. The van der Waals surface area contributed by atoms with E-state index < -0.39 is 48.3 Å². The number of hydrogen-bond acceptors (Lipinski definition) is 0. The highest BCUT2D eigenvalue weighted by Crippen LogP contribution is 2.11. The van der Waals surface area contributed by atoms with Gasteiger partial charge < -0.3 is 0 Å². The van der Waals surface area contributed by atoms with E-state index in [1.54, 1.807) is 0 Å². The quantitative estimate of drug-likeness (QED) is 0.522. The van der Waals surface area contributed by atoms with Crippen LogP contribution in [0.1, 0.15) is 11.0 Å². The fraction of sp³-hybridized carbons (Fsp3) is 0. The zero-order valence-electron chi connectivity index (χ0n) is 13.0. The molecule has 2 rings (SSSR count). The standard InChI is InChI=1S/C10H8/c1-2-6-10-8-4-3-7-9(10)5-1/h1-8H/i1D,2D,3D,4D,5D,6D,7D,8D. The van der Waals surface area contributed by atoms with Crippen molar-refractivity contribution < 1.29 is 11.0 Å². The maximum atomic E-state index is 7.69. The van der Waals surface area contributed by atoms with Crippen LogP contribution in [0.2, 0.25) is 0 Å². The molecular weight excluding hydrogens is 120 g/mol. The van der Waals surface area contributed by atoms with Gasteiger partial charge in [0.2, 0.25) is 0 Å². The van der Waals surface area contributed by atoms with Crippen molar-refractivity contribution in [3.8, 4) is 0 Å². The fourth-order valence-electron chi connectivity index (χ4n) is 0.688. The first-order valence-corrected chi connectivity index (χ1v) is 2.75. The Bertz CT molecular complexity index is 563. The molecule has 2 aromatic carbocycles. The summed E-state index contributed by atoms with van der Waals surface area (Å²) in [6.07, 6.45) is 0. The summed E-state index contributed by atoms with van der Waals surface area (Å²) in [4.78, 5) is 0. The zero-order chi connectivity index (χ0) is 13.8. The molecule has 0 aliphatic rings.